The van der Waals surface area contributed by atoms with Crippen LogP contribution in [0.1, 0.15) is 28.3 Å². The Morgan fingerprint density at radius 3 is 2.75 bits per heavy atom. The minimum absolute atomic E-state index is 0.208. The fourth-order valence-corrected chi connectivity index (χ4v) is 2.32. The molecule has 4 nitrogen and oxygen atoms in total. The van der Waals surface area contributed by atoms with Gasteiger partial charge in [0.15, 0.2) is 0 Å². The zero-order valence-corrected chi connectivity index (χ0v) is 10.2. The van der Waals surface area contributed by atoms with Gasteiger partial charge in [0.1, 0.15) is 16.4 Å². The molecule has 0 saturated heterocycles. The number of thioether (sulfide) groups is 1. The number of aromatic nitrogens is 2. The maximum atomic E-state index is 11.1. The average molecular weight is 238 g/mol. The van der Waals surface area contributed by atoms with Crippen LogP contribution in [0.15, 0.2) is 17.7 Å². The number of aryl methyl sites for hydroxylation is 2. The Bertz CT molecular complexity index is 419. The predicted octanol–water partition coefficient (Wildman–Crippen LogP) is 2.46. The topological polar surface area (TPSA) is 63.1 Å². The number of nitrogens with zero attached hydrogens (tertiary/aromatic N) is 2. The summed E-state index contributed by atoms with van der Waals surface area (Å²) in [6, 6.07) is 0. The van der Waals surface area contributed by atoms with E-state index in [0.717, 1.165) is 12.2 Å². The number of aromatic carboxylic acids is 1. The number of rotatable bonds is 5. The zero-order chi connectivity index (χ0) is 12.1. The molecule has 0 spiro atoms. The lowest BCUT2D eigenvalue weighted by atomic mass is 10.2. The molecule has 1 aromatic rings. The van der Waals surface area contributed by atoms with E-state index < -0.39 is 5.97 Å². The quantitative estimate of drug-likeness (QED) is 0.369. The molecular weight excluding hydrogens is 224 g/mol. The maximum Gasteiger partial charge on any atom is 0.340 e. The van der Waals surface area contributed by atoms with Gasteiger partial charge < -0.3 is 5.11 Å². The molecule has 0 unspecified atom stereocenters. The second kappa shape index (κ2) is 5.65. The first-order valence-electron chi connectivity index (χ1n) is 4.88. The lowest BCUT2D eigenvalue weighted by Crippen LogP contribution is -2.08. The van der Waals surface area contributed by atoms with Crippen LogP contribution >= 0.6 is 11.8 Å². The molecule has 0 fully saturated rings. The van der Waals surface area contributed by atoms with Crippen molar-refractivity contribution in [3.63, 3.8) is 0 Å². The third-order valence-electron chi connectivity index (χ3n) is 1.94. The molecule has 1 rings (SSSR count). The van der Waals surface area contributed by atoms with Crippen LogP contribution in [0.5, 0.6) is 0 Å². The fraction of sp³-hybridized carbons (Fsp3) is 0.364. The van der Waals surface area contributed by atoms with E-state index in [1.807, 2.05) is 0 Å². The van der Waals surface area contributed by atoms with Gasteiger partial charge >= 0.3 is 5.97 Å². The van der Waals surface area contributed by atoms with Crippen LogP contribution in [0.2, 0.25) is 0 Å². The van der Waals surface area contributed by atoms with Crippen molar-refractivity contribution in [2.75, 3.05) is 5.75 Å². The summed E-state index contributed by atoms with van der Waals surface area (Å²) < 4.78 is 0. The van der Waals surface area contributed by atoms with Gasteiger partial charge in [-0.05, 0) is 20.3 Å². The number of carboxylic acids is 1. The summed E-state index contributed by atoms with van der Waals surface area (Å²) in [6.07, 6.45) is 2.63. The highest BCUT2D eigenvalue weighted by Gasteiger charge is 2.16. The van der Waals surface area contributed by atoms with E-state index in [1.54, 1.807) is 19.9 Å². The Morgan fingerprint density at radius 2 is 2.19 bits per heavy atom. The van der Waals surface area contributed by atoms with Crippen molar-refractivity contribution in [3.8, 4) is 0 Å². The highest BCUT2D eigenvalue weighted by atomic mass is 32.2. The smallest absolute Gasteiger partial charge is 0.340 e. The zero-order valence-electron chi connectivity index (χ0n) is 9.36. The largest absolute Gasteiger partial charge is 0.478 e. The fourth-order valence-electron chi connectivity index (χ4n) is 1.27. The molecule has 1 aromatic heterocycles. The van der Waals surface area contributed by atoms with Gasteiger partial charge in [-0.1, -0.05) is 6.08 Å². The lowest BCUT2D eigenvalue weighted by molar-refractivity contribution is 0.0690. The molecule has 0 amide bonds. The van der Waals surface area contributed by atoms with Crippen LogP contribution in [0.3, 0.4) is 0 Å². The van der Waals surface area contributed by atoms with Gasteiger partial charge in [-0.25, -0.2) is 14.8 Å². The van der Waals surface area contributed by atoms with Crippen LogP contribution in [0, 0.1) is 13.8 Å². The normalized spacial score (nSPS) is 10.1. The van der Waals surface area contributed by atoms with Crippen LogP contribution < -0.4 is 0 Å². The monoisotopic (exact) mass is 238 g/mol. The molecule has 86 valence electrons. The SMILES string of the molecule is C=CCCSc1nc(C)nc(C)c1C(=O)O. The van der Waals surface area contributed by atoms with E-state index in [-0.39, 0.29) is 5.56 Å². The predicted molar refractivity (Wildman–Crippen MR) is 64.0 cm³/mol. The number of carboxylic acid groups (broad SMARTS) is 1. The van der Waals surface area contributed by atoms with E-state index in [4.69, 9.17) is 5.11 Å². The summed E-state index contributed by atoms with van der Waals surface area (Å²) in [7, 11) is 0. The summed E-state index contributed by atoms with van der Waals surface area (Å²) in [4.78, 5) is 19.3. The van der Waals surface area contributed by atoms with Gasteiger partial charge in [-0.3, -0.25) is 0 Å². The van der Waals surface area contributed by atoms with E-state index in [1.165, 1.54) is 11.8 Å². The molecule has 0 atom stereocenters. The van der Waals surface area contributed by atoms with Crippen LogP contribution in [-0.4, -0.2) is 26.8 Å². The molecule has 0 aliphatic heterocycles. The standard InChI is InChI=1S/C11H14N2O2S/c1-4-5-6-16-10-9(11(14)15)7(2)12-8(3)13-10/h4H,1,5-6H2,2-3H3,(H,14,15). The first-order chi connectivity index (χ1) is 7.56. The molecule has 16 heavy (non-hydrogen) atoms. The highest BCUT2D eigenvalue weighted by Crippen LogP contribution is 2.23. The molecule has 0 aliphatic carbocycles. The van der Waals surface area contributed by atoms with Crippen molar-refractivity contribution in [1.82, 2.24) is 9.97 Å². The molecule has 0 saturated carbocycles. The minimum atomic E-state index is -0.974. The second-order valence-corrected chi connectivity index (χ2v) is 4.35. The molecular formula is C11H14N2O2S. The summed E-state index contributed by atoms with van der Waals surface area (Å²) in [6.45, 7) is 7.07. The molecule has 0 aromatic carbocycles. The van der Waals surface area contributed by atoms with E-state index >= 15 is 0 Å². The minimum Gasteiger partial charge on any atom is -0.478 e. The summed E-state index contributed by atoms with van der Waals surface area (Å²) >= 11 is 1.43. The average Bonchev–Trinajstić information content (AvgIpc) is 2.16. The van der Waals surface area contributed by atoms with Gasteiger partial charge in [0, 0.05) is 5.75 Å². The number of hydrogen-bond acceptors (Lipinski definition) is 4. The Balaban J connectivity index is 3.03. The van der Waals surface area contributed by atoms with Gasteiger partial charge in [-0.2, -0.15) is 0 Å². The van der Waals surface area contributed by atoms with Crippen molar-refractivity contribution >= 4 is 17.7 Å². The summed E-state index contributed by atoms with van der Waals surface area (Å²) in [5.74, 6) is 0.404. The Hall–Kier alpha value is -1.36. The third-order valence-corrected chi connectivity index (χ3v) is 2.95. The maximum absolute atomic E-state index is 11.1. The van der Waals surface area contributed by atoms with E-state index in [0.29, 0.717) is 16.5 Å². The van der Waals surface area contributed by atoms with Crippen molar-refractivity contribution in [2.24, 2.45) is 0 Å². The Kier molecular flexibility index (Phi) is 4.49. The van der Waals surface area contributed by atoms with Crippen LogP contribution in [0.4, 0.5) is 0 Å². The molecule has 5 heteroatoms. The number of carbonyl (C=O) groups is 1. The third kappa shape index (κ3) is 3.06. The Morgan fingerprint density at radius 1 is 1.50 bits per heavy atom. The molecule has 1 heterocycles. The van der Waals surface area contributed by atoms with E-state index in [9.17, 15) is 4.79 Å². The van der Waals surface area contributed by atoms with Crippen molar-refractivity contribution in [1.29, 1.82) is 0 Å². The first kappa shape index (κ1) is 12.7. The highest BCUT2D eigenvalue weighted by molar-refractivity contribution is 7.99. The Labute approximate surface area is 98.8 Å². The molecule has 0 radical (unpaired) electrons. The number of allylic oxidation sites excluding steroid dienone is 1. The summed E-state index contributed by atoms with van der Waals surface area (Å²) in [5, 5.41) is 9.62. The lowest BCUT2D eigenvalue weighted by Gasteiger charge is -2.07. The van der Waals surface area contributed by atoms with Crippen molar-refractivity contribution < 1.29 is 9.90 Å². The van der Waals surface area contributed by atoms with E-state index in [2.05, 4.69) is 16.5 Å². The van der Waals surface area contributed by atoms with Gasteiger partial charge in [0.2, 0.25) is 0 Å². The van der Waals surface area contributed by atoms with Crippen molar-refractivity contribution in [3.05, 3.63) is 29.7 Å². The number of hydrogen-bond donors (Lipinski definition) is 1. The van der Waals surface area contributed by atoms with Crippen LogP contribution in [0.25, 0.3) is 0 Å². The van der Waals surface area contributed by atoms with Crippen LogP contribution in [-0.2, 0) is 0 Å². The second-order valence-electron chi connectivity index (χ2n) is 3.27. The van der Waals surface area contributed by atoms with Gasteiger partial charge in [-0.15, -0.1) is 18.3 Å². The summed E-state index contributed by atoms with van der Waals surface area (Å²) in [5.41, 5.74) is 0.723. The van der Waals surface area contributed by atoms with Gasteiger partial charge in [0.05, 0.1) is 5.69 Å². The first-order valence-corrected chi connectivity index (χ1v) is 5.87. The van der Waals surface area contributed by atoms with Gasteiger partial charge in [0.25, 0.3) is 0 Å². The van der Waals surface area contributed by atoms with Crippen molar-refractivity contribution in [2.45, 2.75) is 25.3 Å². The molecule has 1 N–H and O–H groups in total. The molecule has 0 aliphatic rings. The molecule has 0 bridgehead atoms.